The van der Waals surface area contributed by atoms with Crippen LogP contribution in [-0.4, -0.2) is 39.8 Å². The van der Waals surface area contributed by atoms with Gasteiger partial charge in [0.25, 0.3) is 0 Å². The van der Waals surface area contributed by atoms with Crippen molar-refractivity contribution >= 4 is 0 Å². The first-order valence-corrected chi connectivity index (χ1v) is 12.9. The molecular weight excluding hydrogens is 440 g/mol. The molecule has 2 heterocycles. The number of hydrogen-bond donors (Lipinski definition) is 0. The van der Waals surface area contributed by atoms with Crippen molar-refractivity contribution in [2.24, 2.45) is 16.2 Å². The Morgan fingerprint density at radius 3 is 2.46 bits per heavy atom. The van der Waals surface area contributed by atoms with E-state index in [1.807, 2.05) is 6.07 Å². The summed E-state index contributed by atoms with van der Waals surface area (Å²) in [6, 6.07) is 4.07. The molecule has 2 aliphatic heterocycles. The normalized spacial score (nSPS) is 33.9. The molecule has 5 heteroatoms. The topological polar surface area (TPSA) is 46.2 Å². The molecule has 4 atom stereocenters. The van der Waals surface area contributed by atoms with Gasteiger partial charge in [-0.1, -0.05) is 45.8 Å². The van der Waals surface area contributed by atoms with Crippen molar-refractivity contribution in [2.45, 2.75) is 85.5 Å². The summed E-state index contributed by atoms with van der Waals surface area (Å²) in [6.07, 6.45) is 9.64. The Morgan fingerprint density at radius 2 is 1.83 bits per heavy atom. The van der Waals surface area contributed by atoms with E-state index in [4.69, 9.17) is 23.7 Å². The van der Waals surface area contributed by atoms with Crippen LogP contribution in [0.1, 0.15) is 71.4 Å². The van der Waals surface area contributed by atoms with Gasteiger partial charge in [-0.3, -0.25) is 0 Å². The van der Waals surface area contributed by atoms with Crippen LogP contribution in [0.4, 0.5) is 0 Å². The van der Waals surface area contributed by atoms with Crippen LogP contribution in [0.25, 0.3) is 0 Å². The number of allylic oxidation sites excluding steroid dienone is 3. The molecule has 194 valence electrons. The van der Waals surface area contributed by atoms with E-state index in [0.29, 0.717) is 6.61 Å². The van der Waals surface area contributed by atoms with Gasteiger partial charge in [-0.05, 0) is 56.9 Å². The zero-order valence-corrected chi connectivity index (χ0v) is 23.2. The monoisotopic (exact) mass is 484 g/mol. The van der Waals surface area contributed by atoms with Gasteiger partial charge in [0, 0.05) is 29.9 Å². The first-order chi connectivity index (χ1) is 16.5. The number of rotatable bonds is 7. The van der Waals surface area contributed by atoms with Gasteiger partial charge in [0.1, 0.15) is 17.3 Å². The van der Waals surface area contributed by atoms with Crippen molar-refractivity contribution in [1.29, 1.82) is 0 Å². The summed E-state index contributed by atoms with van der Waals surface area (Å²) in [4.78, 5) is 0. The van der Waals surface area contributed by atoms with Crippen LogP contribution in [-0.2, 0) is 20.6 Å². The molecule has 0 bridgehead atoms. The van der Waals surface area contributed by atoms with Gasteiger partial charge >= 0.3 is 0 Å². The van der Waals surface area contributed by atoms with Crippen molar-refractivity contribution in [2.75, 3.05) is 27.9 Å². The summed E-state index contributed by atoms with van der Waals surface area (Å²) in [6.45, 7) is 14.1. The predicted molar refractivity (Wildman–Crippen MR) is 139 cm³/mol. The van der Waals surface area contributed by atoms with Crippen molar-refractivity contribution in [3.8, 4) is 11.5 Å². The average Bonchev–Trinajstić information content (AvgIpc) is 3.25. The molecule has 1 aromatic rings. The predicted octanol–water partition coefficient (Wildman–Crippen LogP) is 6.77. The van der Waals surface area contributed by atoms with Gasteiger partial charge in [-0.2, -0.15) is 0 Å². The highest BCUT2D eigenvalue weighted by Crippen LogP contribution is 2.70. The van der Waals surface area contributed by atoms with E-state index < -0.39 is 5.79 Å². The minimum atomic E-state index is -0.705. The van der Waals surface area contributed by atoms with Crippen LogP contribution in [0.2, 0.25) is 0 Å². The second-order valence-electron chi connectivity index (χ2n) is 11.8. The number of ether oxygens (including phenoxy) is 5. The molecule has 0 aromatic heterocycles. The number of hydrogen-bond acceptors (Lipinski definition) is 5. The molecule has 1 spiro atoms. The number of fused-ring (bicyclic) bond motifs is 2. The second-order valence-corrected chi connectivity index (χ2v) is 11.8. The van der Waals surface area contributed by atoms with Gasteiger partial charge in [0.2, 0.25) is 5.79 Å². The maximum Gasteiger partial charge on any atom is 0.224 e. The Balaban J connectivity index is 1.63. The minimum absolute atomic E-state index is 0.00364. The summed E-state index contributed by atoms with van der Waals surface area (Å²) < 4.78 is 30.7. The Hall–Kier alpha value is -1.98. The van der Waals surface area contributed by atoms with Crippen LogP contribution in [0.15, 0.2) is 35.6 Å². The van der Waals surface area contributed by atoms with E-state index in [1.54, 1.807) is 21.3 Å². The van der Waals surface area contributed by atoms with E-state index >= 15 is 0 Å². The van der Waals surface area contributed by atoms with Crippen molar-refractivity contribution in [1.82, 2.24) is 0 Å². The van der Waals surface area contributed by atoms with Crippen LogP contribution in [0, 0.1) is 23.2 Å². The molecule has 1 aliphatic carbocycles. The molecule has 5 nitrogen and oxygen atoms in total. The van der Waals surface area contributed by atoms with Crippen molar-refractivity contribution < 1.29 is 23.7 Å². The summed E-state index contributed by atoms with van der Waals surface area (Å²) in [5.74, 6) is 2.08. The molecule has 0 unspecified atom stereocenters. The third kappa shape index (κ3) is 3.90. The lowest BCUT2D eigenvalue weighted by atomic mass is 9.55. The second kappa shape index (κ2) is 9.15. The minimum Gasteiger partial charge on any atom is -0.497 e. The Kier molecular flexibility index (Phi) is 6.82. The fourth-order valence-electron chi connectivity index (χ4n) is 7.11. The first kappa shape index (κ1) is 26.1. The fourth-order valence-corrected chi connectivity index (χ4v) is 7.11. The molecule has 1 saturated carbocycles. The Bertz CT molecular complexity index is 1020. The largest absolute Gasteiger partial charge is 0.497 e. The lowest BCUT2D eigenvalue weighted by Gasteiger charge is -2.59. The SMILES string of the molecule is COc1cc(C)c(OC)c(C/C=C(\C)CC2=C[C@@]3(C)CCC[C@@]3(C)[C@]3(OC[C@H](OC)C3(C)C)O2)c1. The van der Waals surface area contributed by atoms with Gasteiger partial charge < -0.3 is 23.7 Å². The van der Waals surface area contributed by atoms with E-state index in [2.05, 4.69) is 59.8 Å². The zero-order valence-electron chi connectivity index (χ0n) is 23.2. The molecule has 35 heavy (non-hydrogen) atoms. The fraction of sp³-hybridized carbons (Fsp3) is 0.667. The molecule has 3 aliphatic rings. The van der Waals surface area contributed by atoms with Crippen LogP contribution in [0.3, 0.4) is 0 Å². The molecule has 2 fully saturated rings. The molecule has 1 saturated heterocycles. The van der Waals surface area contributed by atoms with E-state index in [-0.39, 0.29) is 22.3 Å². The highest BCUT2D eigenvalue weighted by Gasteiger charge is 2.74. The maximum absolute atomic E-state index is 6.96. The number of methoxy groups -OCH3 is 3. The van der Waals surface area contributed by atoms with Crippen molar-refractivity contribution in [3.05, 3.63) is 46.7 Å². The highest BCUT2D eigenvalue weighted by molar-refractivity contribution is 5.47. The van der Waals surface area contributed by atoms with Crippen LogP contribution < -0.4 is 9.47 Å². The van der Waals surface area contributed by atoms with Crippen LogP contribution in [0.5, 0.6) is 11.5 Å². The molecule has 0 amide bonds. The summed E-state index contributed by atoms with van der Waals surface area (Å²) in [7, 11) is 5.21. The maximum atomic E-state index is 6.96. The van der Waals surface area contributed by atoms with Gasteiger partial charge in [-0.15, -0.1) is 0 Å². The third-order valence-corrected chi connectivity index (χ3v) is 9.38. The van der Waals surface area contributed by atoms with Gasteiger partial charge in [0.05, 0.1) is 32.3 Å². The summed E-state index contributed by atoms with van der Waals surface area (Å²) in [5, 5.41) is 0. The van der Waals surface area contributed by atoms with E-state index in [1.165, 1.54) is 12.0 Å². The van der Waals surface area contributed by atoms with Crippen molar-refractivity contribution in [3.63, 3.8) is 0 Å². The van der Waals surface area contributed by atoms with Gasteiger partial charge in [-0.25, -0.2) is 0 Å². The summed E-state index contributed by atoms with van der Waals surface area (Å²) in [5.41, 5.74) is 3.10. The molecule has 0 radical (unpaired) electrons. The zero-order chi connectivity index (χ0) is 25.6. The standard InChI is InChI=1S/C30H44O5/c1-20(11-12-22-17-23(31-7)16-21(2)26(22)33-9)15-24-18-28(5)13-10-14-29(28,6)30(35-24)27(3,4)25(32-8)19-34-30/h11,16-18,25H,10,12-15,19H2,1-9H3/b20-11+/t25-,28+,29+,30+/m0/s1. The van der Waals surface area contributed by atoms with Gasteiger partial charge in [0.15, 0.2) is 0 Å². The lowest BCUT2D eigenvalue weighted by molar-refractivity contribution is -0.324. The lowest BCUT2D eigenvalue weighted by Crippen LogP contribution is -2.63. The molecule has 4 rings (SSSR count). The number of aryl methyl sites for hydroxylation is 1. The summed E-state index contributed by atoms with van der Waals surface area (Å²) >= 11 is 0. The van der Waals surface area contributed by atoms with E-state index in [0.717, 1.165) is 54.1 Å². The number of benzene rings is 1. The average molecular weight is 485 g/mol. The third-order valence-electron chi connectivity index (χ3n) is 9.38. The molecular formula is C30H44O5. The molecule has 1 aromatic carbocycles. The Morgan fingerprint density at radius 1 is 1.09 bits per heavy atom. The first-order valence-electron chi connectivity index (χ1n) is 12.9. The van der Waals surface area contributed by atoms with Crippen LogP contribution >= 0.6 is 0 Å². The quantitative estimate of drug-likeness (QED) is 0.400. The van der Waals surface area contributed by atoms with E-state index in [9.17, 15) is 0 Å². The Labute approximate surface area is 211 Å². The smallest absolute Gasteiger partial charge is 0.224 e. The molecule has 0 N–H and O–H groups in total. The highest BCUT2D eigenvalue weighted by atomic mass is 16.7.